The molecule has 0 bridgehead atoms. The predicted molar refractivity (Wildman–Crippen MR) is 49.9 cm³/mol. The fourth-order valence-corrected chi connectivity index (χ4v) is 0.537. The minimum absolute atomic E-state index is 0.0208. The van der Waals surface area contributed by atoms with Crippen LogP contribution in [0.2, 0.25) is 0 Å². The lowest BCUT2D eigenvalue weighted by molar-refractivity contribution is -0.139. The molecule has 1 aromatic heterocycles. The molecule has 0 amide bonds. The van der Waals surface area contributed by atoms with Gasteiger partial charge in [0, 0.05) is 6.20 Å². The van der Waals surface area contributed by atoms with Crippen molar-refractivity contribution in [1.82, 2.24) is 9.71 Å². The van der Waals surface area contributed by atoms with Crippen LogP contribution in [-0.2, 0) is 4.79 Å². The van der Waals surface area contributed by atoms with Crippen LogP contribution in [0.1, 0.15) is 13.8 Å². The van der Waals surface area contributed by atoms with E-state index in [1.165, 1.54) is 18.7 Å². The summed E-state index contributed by atoms with van der Waals surface area (Å²) in [5.74, 6) is -0.910. The molecule has 1 heterocycles. The van der Waals surface area contributed by atoms with Gasteiger partial charge in [0.2, 0.25) is 0 Å². The Balaban J connectivity index is 0.000000249. The first-order valence-corrected chi connectivity index (χ1v) is 4.10. The molecule has 80 valence electrons. The van der Waals surface area contributed by atoms with Gasteiger partial charge in [-0.3, -0.25) is 4.79 Å². The van der Waals surface area contributed by atoms with Crippen LogP contribution in [-0.4, -0.2) is 32.0 Å². The number of carboxylic acids is 1. The fraction of sp³-hybridized carbons (Fsp3) is 0.500. The fourth-order valence-electron chi connectivity index (χ4n) is 0.537. The van der Waals surface area contributed by atoms with Crippen LogP contribution >= 0.6 is 0 Å². The second kappa shape index (κ2) is 5.98. The third kappa shape index (κ3) is 5.15. The molecule has 6 heteroatoms. The summed E-state index contributed by atoms with van der Waals surface area (Å²) < 4.78 is 0.889. The van der Waals surface area contributed by atoms with Crippen molar-refractivity contribution in [2.45, 2.75) is 19.9 Å². The van der Waals surface area contributed by atoms with E-state index in [-0.39, 0.29) is 5.92 Å². The van der Waals surface area contributed by atoms with Crippen LogP contribution in [0, 0.1) is 5.92 Å². The maximum atomic E-state index is 10.0. The van der Waals surface area contributed by atoms with Crippen LogP contribution in [0.25, 0.3) is 0 Å². The Bertz CT molecular complexity index is 259. The highest BCUT2D eigenvalue weighted by Gasteiger charge is 2.14. The Morgan fingerprint density at radius 1 is 1.57 bits per heavy atom. The van der Waals surface area contributed by atoms with Crippen molar-refractivity contribution in [2.24, 2.45) is 11.7 Å². The van der Waals surface area contributed by atoms with Crippen LogP contribution in [0.4, 0.5) is 0 Å². The summed E-state index contributed by atoms with van der Waals surface area (Å²) in [6, 6.07) is -0.713. The summed E-state index contributed by atoms with van der Waals surface area (Å²) in [6.45, 7) is 3.55. The van der Waals surface area contributed by atoms with Crippen LogP contribution < -0.4 is 5.73 Å². The topological polar surface area (TPSA) is 101 Å². The number of carboxylic acid groups (broad SMARTS) is 1. The van der Waals surface area contributed by atoms with Crippen molar-refractivity contribution in [1.29, 1.82) is 0 Å². The Kier molecular flexibility index (Phi) is 5.31. The second-order valence-corrected chi connectivity index (χ2v) is 3.05. The summed E-state index contributed by atoms with van der Waals surface area (Å²) in [4.78, 5) is 13.6. The highest BCUT2D eigenvalue weighted by molar-refractivity contribution is 5.73. The lowest BCUT2D eigenvalue weighted by Gasteiger charge is -2.07. The van der Waals surface area contributed by atoms with Gasteiger partial charge < -0.3 is 16.0 Å². The van der Waals surface area contributed by atoms with E-state index in [0.717, 1.165) is 4.73 Å². The van der Waals surface area contributed by atoms with Gasteiger partial charge in [0.05, 0.1) is 6.20 Å². The predicted octanol–water partition coefficient (Wildman–Crippen LogP) is 0.175. The first-order valence-electron chi connectivity index (χ1n) is 4.10. The first-order chi connectivity index (χ1) is 6.45. The lowest BCUT2D eigenvalue weighted by atomic mass is 10.1. The Labute approximate surface area is 81.9 Å². The zero-order valence-electron chi connectivity index (χ0n) is 8.16. The van der Waals surface area contributed by atoms with E-state index in [1.807, 2.05) is 0 Å². The molecule has 4 N–H and O–H groups in total. The first kappa shape index (κ1) is 12.4. The van der Waals surface area contributed by atoms with Crippen molar-refractivity contribution in [3.8, 4) is 0 Å². The minimum Gasteiger partial charge on any atom is -0.480 e. The number of carbonyl (C=O) groups is 1. The number of aromatic nitrogens is 2. The molecule has 0 saturated carbocycles. The number of hydrogen-bond donors (Lipinski definition) is 3. The largest absolute Gasteiger partial charge is 0.480 e. The summed E-state index contributed by atoms with van der Waals surface area (Å²) in [5, 5.41) is 16.6. The molecule has 1 aromatic rings. The number of aliphatic carboxylic acids is 1. The maximum Gasteiger partial charge on any atom is 0.320 e. The van der Waals surface area contributed by atoms with E-state index in [1.54, 1.807) is 13.8 Å². The molecule has 0 aliphatic heterocycles. The lowest BCUT2D eigenvalue weighted by Crippen LogP contribution is -2.34. The molecule has 14 heavy (non-hydrogen) atoms. The summed E-state index contributed by atoms with van der Waals surface area (Å²) in [6.07, 6.45) is 4.25. The van der Waals surface area contributed by atoms with Crippen molar-refractivity contribution in [3.05, 3.63) is 18.7 Å². The van der Waals surface area contributed by atoms with Gasteiger partial charge in [0.15, 0.2) is 0 Å². The SMILES string of the molecule is CC(C)[C@H](N)C(=O)O.On1ccnc1. The highest BCUT2D eigenvalue weighted by Crippen LogP contribution is 1.96. The van der Waals surface area contributed by atoms with Gasteiger partial charge >= 0.3 is 5.97 Å². The third-order valence-corrected chi connectivity index (χ3v) is 1.49. The molecule has 0 aromatic carbocycles. The van der Waals surface area contributed by atoms with E-state index >= 15 is 0 Å². The Hall–Kier alpha value is -1.56. The molecule has 0 spiro atoms. The minimum atomic E-state index is -0.931. The van der Waals surface area contributed by atoms with Gasteiger partial charge in [-0.25, -0.2) is 4.98 Å². The molecule has 1 atom stereocenters. The maximum absolute atomic E-state index is 10.0. The van der Waals surface area contributed by atoms with Gasteiger partial charge in [-0.05, 0) is 5.92 Å². The van der Waals surface area contributed by atoms with Crippen LogP contribution in [0.5, 0.6) is 0 Å². The molecular formula is C8H15N3O3. The molecule has 0 fully saturated rings. The van der Waals surface area contributed by atoms with Crippen molar-refractivity contribution < 1.29 is 15.1 Å². The molecule has 1 rings (SSSR count). The van der Waals surface area contributed by atoms with Gasteiger partial charge in [0.25, 0.3) is 0 Å². The van der Waals surface area contributed by atoms with E-state index in [2.05, 4.69) is 4.98 Å². The van der Waals surface area contributed by atoms with E-state index < -0.39 is 12.0 Å². The summed E-state index contributed by atoms with van der Waals surface area (Å²) in [7, 11) is 0. The number of rotatable bonds is 2. The Morgan fingerprint density at radius 3 is 2.21 bits per heavy atom. The van der Waals surface area contributed by atoms with Gasteiger partial charge in [0.1, 0.15) is 12.4 Å². The normalized spacial score (nSPS) is 11.7. The average Bonchev–Trinajstić information content (AvgIpc) is 2.55. The molecule has 0 aliphatic rings. The molecule has 0 saturated heterocycles. The van der Waals surface area contributed by atoms with Crippen LogP contribution in [0.3, 0.4) is 0 Å². The van der Waals surface area contributed by atoms with Crippen LogP contribution in [0.15, 0.2) is 18.7 Å². The van der Waals surface area contributed by atoms with Gasteiger partial charge in [-0.1, -0.05) is 13.8 Å². The number of hydrogen-bond acceptors (Lipinski definition) is 4. The van der Waals surface area contributed by atoms with Gasteiger partial charge in [-0.15, -0.1) is 0 Å². The number of imidazole rings is 1. The standard InChI is InChI=1S/C5H11NO2.C3H4N2O/c1-3(2)4(6)5(7)8;6-5-2-1-4-3-5/h3-4H,6H2,1-2H3,(H,7,8);1-3,6H/t4-;/m0./s1. The summed E-state index contributed by atoms with van der Waals surface area (Å²) in [5.41, 5.74) is 5.16. The zero-order chi connectivity index (χ0) is 11.1. The second-order valence-electron chi connectivity index (χ2n) is 3.05. The molecule has 0 radical (unpaired) electrons. The third-order valence-electron chi connectivity index (χ3n) is 1.49. The molecule has 6 nitrogen and oxygen atoms in total. The van der Waals surface area contributed by atoms with Crippen molar-refractivity contribution in [2.75, 3.05) is 0 Å². The van der Waals surface area contributed by atoms with Crippen molar-refractivity contribution >= 4 is 5.97 Å². The quantitative estimate of drug-likeness (QED) is 0.592. The molecule has 0 unspecified atom stereocenters. The number of nitrogens with two attached hydrogens (primary N) is 1. The average molecular weight is 201 g/mol. The van der Waals surface area contributed by atoms with E-state index in [4.69, 9.17) is 16.0 Å². The smallest absolute Gasteiger partial charge is 0.320 e. The van der Waals surface area contributed by atoms with E-state index in [0.29, 0.717) is 0 Å². The Morgan fingerprint density at radius 2 is 2.14 bits per heavy atom. The molecule has 0 aliphatic carbocycles. The number of nitrogens with zero attached hydrogens (tertiary/aromatic N) is 2. The van der Waals surface area contributed by atoms with Crippen molar-refractivity contribution in [3.63, 3.8) is 0 Å². The van der Waals surface area contributed by atoms with E-state index in [9.17, 15) is 4.79 Å². The summed E-state index contributed by atoms with van der Waals surface area (Å²) >= 11 is 0. The van der Waals surface area contributed by atoms with Gasteiger partial charge in [-0.2, -0.15) is 4.73 Å². The molecular weight excluding hydrogens is 186 g/mol. The zero-order valence-corrected chi connectivity index (χ0v) is 8.16. The highest BCUT2D eigenvalue weighted by atomic mass is 16.5. The monoisotopic (exact) mass is 201 g/mol.